The third kappa shape index (κ3) is 3.45. The Bertz CT molecular complexity index is 497. The number of carbonyl (C=O) groups excluding carboxylic acids is 1. The van der Waals surface area contributed by atoms with Gasteiger partial charge in [-0.2, -0.15) is 5.26 Å². The number of aromatic nitrogens is 1. The molecule has 1 aliphatic heterocycles. The van der Waals surface area contributed by atoms with E-state index >= 15 is 0 Å². The third-order valence-corrected chi connectivity index (χ3v) is 3.33. The van der Waals surface area contributed by atoms with Gasteiger partial charge < -0.3 is 15.5 Å². The van der Waals surface area contributed by atoms with Gasteiger partial charge in [0, 0.05) is 44.8 Å². The summed E-state index contributed by atoms with van der Waals surface area (Å²) in [7, 11) is 0. The highest BCUT2D eigenvalue weighted by molar-refractivity contribution is 5.77. The predicted octanol–water partition coefficient (Wildman–Crippen LogP) is 0.339. The van der Waals surface area contributed by atoms with Crippen molar-refractivity contribution in [2.45, 2.75) is 19.4 Å². The van der Waals surface area contributed by atoms with E-state index in [1.807, 2.05) is 17.9 Å². The van der Waals surface area contributed by atoms with E-state index in [0.29, 0.717) is 25.1 Å². The van der Waals surface area contributed by atoms with Gasteiger partial charge in [0.2, 0.25) is 5.91 Å². The normalized spacial score (nSPS) is 16.6. The van der Waals surface area contributed by atoms with Crippen molar-refractivity contribution in [2.24, 2.45) is 5.73 Å². The molecule has 1 aromatic heterocycles. The molecule has 6 heteroatoms. The summed E-state index contributed by atoms with van der Waals surface area (Å²) >= 11 is 0. The van der Waals surface area contributed by atoms with Crippen LogP contribution in [-0.2, 0) is 4.79 Å². The van der Waals surface area contributed by atoms with Gasteiger partial charge in [-0.3, -0.25) is 4.79 Å². The van der Waals surface area contributed by atoms with E-state index in [2.05, 4.69) is 16.0 Å². The van der Waals surface area contributed by atoms with Crippen LogP contribution >= 0.6 is 0 Å². The van der Waals surface area contributed by atoms with Crippen LogP contribution in [0.15, 0.2) is 18.3 Å². The second-order valence-corrected chi connectivity index (χ2v) is 5.07. The summed E-state index contributed by atoms with van der Waals surface area (Å²) in [4.78, 5) is 20.2. The first-order valence-corrected chi connectivity index (χ1v) is 6.74. The molecule has 1 saturated heterocycles. The molecule has 0 aromatic carbocycles. The molecule has 0 radical (unpaired) electrons. The summed E-state index contributed by atoms with van der Waals surface area (Å²) < 4.78 is 0. The van der Waals surface area contributed by atoms with Gasteiger partial charge in [-0.05, 0) is 19.1 Å². The van der Waals surface area contributed by atoms with Gasteiger partial charge in [0.15, 0.2) is 0 Å². The molecule has 0 saturated carbocycles. The Morgan fingerprint density at radius 3 is 2.65 bits per heavy atom. The first-order chi connectivity index (χ1) is 9.60. The Kier molecular flexibility index (Phi) is 4.53. The lowest BCUT2D eigenvalue weighted by atomic mass is 10.2. The Labute approximate surface area is 118 Å². The van der Waals surface area contributed by atoms with Crippen LogP contribution < -0.4 is 10.6 Å². The van der Waals surface area contributed by atoms with E-state index in [1.165, 1.54) is 0 Å². The van der Waals surface area contributed by atoms with Crippen molar-refractivity contribution >= 4 is 11.7 Å². The zero-order valence-electron chi connectivity index (χ0n) is 11.6. The number of nitrogens with two attached hydrogens (primary N) is 1. The van der Waals surface area contributed by atoms with Crippen LogP contribution in [0, 0.1) is 11.3 Å². The molecule has 0 bridgehead atoms. The largest absolute Gasteiger partial charge is 0.353 e. The van der Waals surface area contributed by atoms with Gasteiger partial charge in [0.1, 0.15) is 11.9 Å². The summed E-state index contributed by atoms with van der Waals surface area (Å²) in [5.41, 5.74) is 6.21. The molecular formula is C14H19N5O. The molecule has 1 aliphatic rings. The van der Waals surface area contributed by atoms with E-state index in [9.17, 15) is 4.79 Å². The van der Waals surface area contributed by atoms with Gasteiger partial charge in [-0.15, -0.1) is 0 Å². The molecule has 2 N–H and O–H groups in total. The number of carbonyl (C=O) groups is 1. The van der Waals surface area contributed by atoms with Gasteiger partial charge in [-0.1, -0.05) is 0 Å². The fraction of sp³-hybridized carbons (Fsp3) is 0.500. The number of hydrogen-bond acceptors (Lipinski definition) is 5. The van der Waals surface area contributed by atoms with Crippen molar-refractivity contribution in [2.75, 3.05) is 31.1 Å². The second-order valence-electron chi connectivity index (χ2n) is 5.07. The quantitative estimate of drug-likeness (QED) is 0.858. The number of hydrogen-bond donors (Lipinski definition) is 1. The summed E-state index contributed by atoms with van der Waals surface area (Å²) in [6, 6.07) is 5.56. The maximum Gasteiger partial charge on any atom is 0.224 e. The zero-order valence-corrected chi connectivity index (χ0v) is 11.6. The van der Waals surface area contributed by atoms with E-state index in [4.69, 9.17) is 11.0 Å². The predicted molar refractivity (Wildman–Crippen MR) is 76.0 cm³/mol. The van der Waals surface area contributed by atoms with Gasteiger partial charge in [-0.25, -0.2) is 4.98 Å². The summed E-state index contributed by atoms with van der Waals surface area (Å²) in [6.07, 6.45) is 1.97. The molecule has 1 atom stereocenters. The maximum atomic E-state index is 11.9. The molecular weight excluding hydrogens is 254 g/mol. The number of piperazine rings is 1. The zero-order chi connectivity index (χ0) is 14.5. The summed E-state index contributed by atoms with van der Waals surface area (Å²) in [5.74, 6) is 0.968. The molecule has 0 aliphatic carbocycles. The van der Waals surface area contributed by atoms with Crippen molar-refractivity contribution in [3.05, 3.63) is 23.9 Å². The Morgan fingerprint density at radius 1 is 1.45 bits per heavy atom. The second kappa shape index (κ2) is 6.35. The number of nitriles is 1. The lowest BCUT2D eigenvalue weighted by Crippen LogP contribution is -2.49. The fourth-order valence-electron chi connectivity index (χ4n) is 2.23. The van der Waals surface area contributed by atoms with Crippen LogP contribution in [0.4, 0.5) is 5.82 Å². The van der Waals surface area contributed by atoms with Crippen LogP contribution in [-0.4, -0.2) is 48.0 Å². The Balaban J connectivity index is 1.90. The van der Waals surface area contributed by atoms with Gasteiger partial charge >= 0.3 is 0 Å². The molecule has 2 rings (SSSR count). The van der Waals surface area contributed by atoms with Crippen molar-refractivity contribution in [3.8, 4) is 6.07 Å². The average Bonchev–Trinajstić information content (AvgIpc) is 2.47. The molecule has 106 valence electrons. The number of anilines is 1. The lowest BCUT2D eigenvalue weighted by molar-refractivity contribution is -0.131. The van der Waals surface area contributed by atoms with E-state index in [1.54, 1.807) is 12.3 Å². The van der Waals surface area contributed by atoms with Crippen LogP contribution in [0.1, 0.15) is 18.9 Å². The fourth-order valence-corrected chi connectivity index (χ4v) is 2.23. The number of amides is 1. The smallest absolute Gasteiger partial charge is 0.224 e. The maximum absolute atomic E-state index is 11.9. The van der Waals surface area contributed by atoms with E-state index in [0.717, 1.165) is 18.9 Å². The van der Waals surface area contributed by atoms with Gasteiger partial charge in [0.25, 0.3) is 0 Å². The van der Waals surface area contributed by atoms with Crippen LogP contribution in [0.25, 0.3) is 0 Å². The molecule has 0 spiro atoms. The SMILES string of the molecule is CC(N)CC(=O)N1CCN(c2ccc(C#N)cn2)CC1. The number of nitrogens with zero attached hydrogens (tertiary/aromatic N) is 4. The van der Waals surface area contributed by atoms with Crippen molar-refractivity contribution < 1.29 is 4.79 Å². The van der Waals surface area contributed by atoms with Crippen molar-refractivity contribution in [1.29, 1.82) is 5.26 Å². The monoisotopic (exact) mass is 273 g/mol. The highest BCUT2D eigenvalue weighted by Crippen LogP contribution is 2.14. The molecule has 1 amide bonds. The molecule has 2 heterocycles. The van der Waals surface area contributed by atoms with Crippen LogP contribution in [0.3, 0.4) is 0 Å². The van der Waals surface area contributed by atoms with E-state index < -0.39 is 0 Å². The minimum atomic E-state index is -0.0966. The Hall–Kier alpha value is -2.13. The number of pyridine rings is 1. The highest BCUT2D eigenvalue weighted by atomic mass is 16.2. The molecule has 6 nitrogen and oxygen atoms in total. The van der Waals surface area contributed by atoms with E-state index in [-0.39, 0.29) is 11.9 Å². The number of rotatable bonds is 3. The first-order valence-electron chi connectivity index (χ1n) is 6.74. The molecule has 1 unspecified atom stereocenters. The minimum Gasteiger partial charge on any atom is -0.353 e. The Morgan fingerprint density at radius 2 is 2.15 bits per heavy atom. The molecule has 1 fully saturated rings. The molecule has 1 aromatic rings. The minimum absolute atomic E-state index is 0.0966. The standard InChI is InChI=1S/C14H19N5O/c1-11(16)8-14(20)19-6-4-18(5-7-19)13-3-2-12(9-15)10-17-13/h2-3,10-11H,4-8,16H2,1H3. The first kappa shape index (κ1) is 14.3. The average molecular weight is 273 g/mol. The van der Waals surface area contributed by atoms with Crippen LogP contribution in [0.5, 0.6) is 0 Å². The van der Waals surface area contributed by atoms with Gasteiger partial charge in [0.05, 0.1) is 5.56 Å². The highest BCUT2D eigenvalue weighted by Gasteiger charge is 2.22. The van der Waals surface area contributed by atoms with Crippen LogP contribution in [0.2, 0.25) is 0 Å². The topological polar surface area (TPSA) is 86.3 Å². The molecule has 20 heavy (non-hydrogen) atoms. The third-order valence-electron chi connectivity index (χ3n) is 3.33. The van der Waals surface area contributed by atoms with Crippen molar-refractivity contribution in [1.82, 2.24) is 9.88 Å². The summed E-state index contributed by atoms with van der Waals surface area (Å²) in [6.45, 7) is 4.72. The summed E-state index contributed by atoms with van der Waals surface area (Å²) in [5, 5.41) is 8.75. The lowest BCUT2D eigenvalue weighted by Gasteiger charge is -2.35. The van der Waals surface area contributed by atoms with Crippen molar-refractivity contribution in [3.63, 3.8) is 0 Å².